The Kier molecular flexibility index (Phi) is 4.43. The Hall–Kier alpha value is -1.63. The van der Waals surface area contributed by atoms with Gasteiger partial charge in [-0.05, 0) is 38.0 Å². The Morgan fingerprint density at radius 3 is 3.12 bits per heavy atom. The summed E-state index contributed by atoms with van der Waals surface area (Å²) in [6.45, 7) is 6.83. The van der Waals surface area contributed by atoms with Gasteiger partial charge in [-0.15, -0.1) is 0 Å². The third-order valence-corrected chi connectivity index (χ3v) is 4.89. The molecule has 0 saturated carbocycles. The van der Waals surface area contributed by atoms with E-state index in [0.717, 1.165) is 57.1 Å². The lowest BCUT2D eigenvalue weighted by Crippen LogP contribution is -2.44. The number of aryl methyl sites for hydroxylation is 1. The molecule has 2 aliphatic heterocycles. The van der Waals surface area contributed by atoms with Gasteiger partial charge in [0.15, 0.2) is 0 Å². The zero-order valence-electron chi connectivity index (χ0n) is 14.2. The first-order valence-electron chi connectivity index (χ1n) is 8.71. The van der Waals surface area contributed by atoms with Crippen LogP contribution in [0, 0.1) is 6.92 Å². The molecule has 4 heterocycles. The lowest BCUT2D eigenvalue weighted by Gasteiger charge is -2.31. The molecule has 0 aromatic carbocycles. The molecule has 0 aliphatic carbocycles. The average Bonchev–Trinajstić information content (AvgIpc) is 3.25. The maximum atomic E-state index is 6.46. The fourth-order valence-corrected chi connectivity index (χ4v) is 3.77. The monoisotopic (exact) mass is 331 g/mol. The minimum Gasteiger partial charge on any atom is -0.465 e. The third kappa shape index (κ3) is 3.55. The van der Waals surface area contributed by atoms with E-state index in [0.29, 0.717) is 6.61 Å². The summed E-state index contributed by atoms with van der Waals surface area (Å²) >= 11 is 0. The molecular weight excluding hydrogens is 306 g/mol. The highest BCUT2D eigenvalue weighted by Crippen LogP contribution is 2.34. The normalized spacial score (nSPS) is 28.5. The molecule has 0 radical (unpaired) electrons. The van der Waals surface area contributed by atoms with Crippen molar-refractivity contribution in [3.05, 3.63) is 42.1 Å². The molecule has 2 aromatic rings. The average molecular weight is 331 g/mol. The molecule has 2 saturated heterocycles. The van der Waals surface area contributed by atoms with E-state index in [1.165, 1.54) is 0 Å². The summed E-state index contributed by atoms with van der Waals surface area (Å²) in [6.07, 6.45) is 6.10. The van der Waals surface area contributed by atoms with E-state index in [1.807, 2.05) is 36.1 Å². The molecule has 0 amide bonds. The van der Waals surface area contributed by atoms with Crippen molar-refractivity contribution < 1.29 is 13.9 Å². The van der Waals surface area contributed by atoms with E-state index in [2.05, 4.69) is 16.1 Å². The molecule has 6 nitrogen and oxygen atoms in total. The summed E-state index contributed by atoms with van der Waals surface area (Å²) in [6, 6.07) is 6.03. The molecule has 2 unspecified atom stereocenters. The summed E-state index contributed by atoms with van der Waals surface area (Å²) in [4.78, 5) is 2.39. The van der Waals surface area contributed by atoms with Crippen molar-refractivity contribution in [1.82, 2.24) is 14.7 Å². The van der Waals surface area contributed by atoms with Crippen LogP contribution in [-0.4, -0.2) is 52.7 Å². The summed E-state index contributed by atoms with van der Waals surface area (Å²) in [7, 11) is 0. The number of ether oxygens (including phenoxy) is 2. The lowest BCUT2D eigenvalue weighted by molar-refractivity contribution is -0.0907. The quantitative estimate of drug-likeness (QED) is 0.860. The largest absolute Gasteiger partial charge is 0.465 e. The van der Waals surface area contributed by atoms with Crippen LogP contribution in [0.2, 0.25) is 0 Å². The molecule has 24 heavy (non-hydrogen) atoms. The minimum absolute atomic E-state index is 0.198. The minimum atomic E-state index is -0.198. The molecule has 6 heteroatoms. The molecule has 4 rings (SSSR count). The molecule has 0 N–H and O–H groups in total. The standard InChI is InChI=1S/C18H25N3O3/c1-15-3-4-16(23-15)11-20-9-10-22-14-18(13-20)6-5-17(24-18)12-21-8-2-7-19-21/h2-4,7-8,17H,5-6,9-14H2,1H3. The zero-order chi connectivity index (χ0) is 16.4. The van der Waals surface area contributed by atoms with Gasteiger partial charge in [0.25, 0.3) is 0 Å². The van der Waals surface area contributed by atoms with E-state index in [-0.39, 0.29) is 11.7 Å². The Balaban J connectivity index is 1.40. The SMILES string of the molecule is Cc1ccc(CN2CCOCC3(CCC(Cn4cccn4)O3)C2)o1. The highest BCUT2D eigenvalue weighted by molar-refractivity contribution is 5.06. The van der Waals surface area contributed by atoms with Gasteiger partial charge in [0.2, 0.25) is 0 Å². The second kappa shape index (κ2) is 6.70. The van der Waals surface area contributed by atoms with Gasteiger partial charge in [-0.3, -0.25) is 9.58 Å². The van der Waals surface area contributed by atoms with Gasteiger partial charge in [0.1, 0.15) is 17.1 Å². The van der Waals surface area contributed by atoms with Crippen LogP contribution in [-0.2, 0) is 22.6 Å². The number of nitrogens with zero attached hydrogens (tertiary/aromatic N) is 3. The van der Waals surface area contributed by atoms with Crippen LogP contribution in [0.25, 0.3) is 0 Å². The van der Waals surface area contributed by atoms with Crippen LogP contribution in [0.1, 0.15) is 24.4 Å². The van der Waals surface area contributed by atoms with E-state index in [9.17, 15) is 0 Å². The maximum Gasteiger partial charge on any atom is 0.118 e. The van der Waals surface area contributed by atoms with Crippen LogP contribution in [0.4, 0.5) is 0 Å². The van der Waals surface area contributed by atoms with E-state index >= 15 is 0 Å². The van der Waals surface area contributed by atoms with Crippen molar-refractivity contribution in [3.63, 3.8) is 0 Å². The van der Waals surface area contributed by atoms with E-state index in [1.54, 1.807) is 0 Å². The van der Waals surface area contributed by atoms with Gasteiger partial charge in [-0.25, -0.2) is 0 Å². The molecular formula is C18H25N3O3. The highest BCUT2D eigenvalue weighted by Gasteiger charge is 2.43. The first-order valence-corrected chi connectivity index (χ1v) is 8.71. The van der Waals surface area contributed by atoms with Crippen LogP contribution in [0.5, 0.6) is 0 Å². The Labute approximate surface area is 142 Å². The molecule has 2 aliphatic rings. The maximum absolute atomic E-state index is 6.46. The summed E-state index contributed by atoms with van der Waals surface area (Å²) in [5, 5.41) is 4.29. The van der Waals surface area contributed by atoms with Crippen molar-refractivity contribution in [3.8, 4) is 0 Å². The molecule has 1 spiro atoms. The summed E-state index contributed by atoms with van der Waals surface area (Å²) in [5.41, 5.74) is -0.198. The zero-order valence-corrected chi connectivity index (χ0v) is 14.2. The second-order valence-corrected chi connectivity index (χ2v) is 6.97. The highest BCUT2D eigenvalue weighted by atomic mass is 16.6. The van der Waals surface area contributed by atoms with E-state index < -0.39 is 0 Å². The van der Waals surface area contributed by atoms with Gasteiger partial charge in [0.05, 0.1) is 32.4 Å². The topological polar surface area (TPSA) is 52.7 Å². The van der Waals surface area contributed by atoms with Crippen LogP contribution < -0.4 is 0 Å². The van der Waals surface area contributed by atoms with Gasteiger partial charge in [-0.1, -0.05) is 0 Å². The van der Waals surface area contributed by atoms with Crippen molar-refractivity contribution in [1.29, 1.82) is 0 Å². The van der Waals surface area contributed by atoms with Gasteiger partial charge in [-0.2, -0.15) is 5.10 Å². The van der Waals surface area contributed by atoms with Crippen molar-refractivity contribution in [2.24, 2.45) is 0 Å². The third-order valence-electron chi connectivity index (χ3n) is 4.89. The van der Waals surface area contributed by atoms with Crippen LogP contribution >= 0.6 is 0 Å². The Morgan fingerprint density at radius 1 is 1.38 bits per heavy atom. The van der Waals surface area contributed by atoms with Crippen molar-refractivity contribution in [2.75, 3.05) is 26.3 Å². The van der Waals surface area contributed by atoms with E-state index in [4.69, 9.17) is 13.9 Å². The van der Waals surface area contributed by atoms with Gasteiger partial charge >= 0.3 is 0 Å². The Morgan fingerprint density at radius 2 is 2.33 bits per heavy atom. The van der Waals surface area contributed by atoms with Gasteiger partial charge < -0.3 is 13.9 Å². The number of rotatable bonds is 4. The fourth-order valence-electron chi connectivity index (χ4n) is 3.77. The van der Waals surface area contributed by atoms with Gasteiger partial charge in [0, 0.05) is 25.5 Å². The lowest BCUT2D eigenvalue weighted by atomic mass is 10.00. The smallest absolute Gasteiger partial charge is 0.118 e. The Bertz CT molecular complexity index is 654. The molecule has 130 valence electrons. The molecule has 2 aromatic heterocycles. The summed E-state index contributed by atoms with van der Waals surface area (Å²) < 4.78 is 20.0. The first-order chi connectivity index (χ1) is 11.7. The predicted molar refractivity (Wildman–Crippen MR) is 88.6 cm³/mol. The first kappa shape index (κ1) is 15.9. The second-order valence-electron chi connectivity index (χ2n) is 6.97. The number of hydrogen-bond acceptors (Lipinski definition) is 5. The van der Waals surface area contributed by atoms with Crippen LogP contribution in [0.3, 0.4) is 0 Å². The van der Waals surface area contributed by atoms with Crippen LogP contribution in [0.15, 0.2) is 35.0 Å². The predicted octanol–water partition coefficient (Wildman–Crippen LogP) is 2.23. The summed E-state index contributed by atoms with van der Waals surface area (Å²) in [5.74, 6) is 1.97. The molecule has 2 atom stereocenters. The number of hydrogen-bond donors (Lipinski definition) is 0. The van der Waals surface area contributed by atoms with Crippen molar-refractivity contribution >= 4 is 0 Å². The van der Waals surface area contributed by atoms with Crippen molar-refractivity contribution in [2.45, 2.75) is 44.6 Å². The molecule has 0 bridgehead atoms. The number of aromatic nitrogens is 2. The molecule has 2 fully saturated rings. The fraction of sp³-hybridized carbons (Fsp3) is 0.611. The number of furan rings is 1.